The van der Waals surface area contributed by atoms with Crippen molar-refractivity contribution in [2.24, 2.45) is 5.92 Å². The van der Waals surface area contributed by atoms with E-state index in [1.807, 2.05) is 6.92 Å². The van der Waals surface area contributed by atoms with Gasteiger partial charge in [0.05, 0.1) is 25.5 Å². The number of hydrogen-bond acceptors (Lipinski definition) is 6. The van der Waals surface area contributed by atoms with Gasteiger partial charge < -0.3 is 18.6 Å². The molecule has 0 unspecified atom stereocenters. The molecule has 2 aromatic carbocycles. The number of halogens is 1. The van der Waals surface area contributed by atoms with Gasteiger partial charge in [0.2, 0.25) is 11.2 Å². The molecule has 0 aliphatic heterocycles. The van der Waals surface area contributed by atoms with E-state index in [0.717, 1.165) is 37.7 Å². The molecule has 0 bridgehead atoms. The maximum absolute atomic E-state index is 13.4. The summed E-state index contributed by atoms with van der Waals surface area (Å²) in [6.45, 7) is 1.83. The molecule has 7 heteroatoms. The molecular formula is C25H25ClO6. The molecule has 6 nitrogen and oxygen atoms in total. The normalized spacial score (nSPS) is 14.4. The minimum Gasteiger partial charge on any atom is -0.493 e. The Morgan fingerprint density at radius 2 is 1.75 bits per heavy atom. The van der Waals surface area contributed by atoms with Crippen LogP contribution >= 0.6 is 11.6 Å². The monoisotopic (exact) mass is 456 g/mol. The number of carbonyl (C=O) groups is 1. The van der Waals surface area contributed by atoms with Crippen molar-refractivity contribution in [3.63, 3.8) is 0 Å². The summed E-state index contributed by atoms with van der Waals surface area (Å²) < 4.78 is 22.5. The van der Waals surface area contributed by atoms with Gasteiger partial charge in [0, 0.05) is 10.6 Å². The fraction of sp³-hybridized carbons (Fsp3) is 0.360. The Hall–Kier alpha value is -2.99. The van der Waals surface area contributed by atoms with Crippen LogP contribution in [0.1, 0.15) is 37.7 Å². The van der Waals surface area contributed by atoms with Crippen LogP contribution in [0.3, 0.4) is 0 Å². The predicted octanol–water partition coefficient (Wildman–Crippen LogP) is 5.92. The lowest BCUT2D eigenvalue weighted by Gasteiger charge is -2.20. The smallest absolute Gasteiger partial charge is 0.314 e. The first-order chi connectivity index (χ1) is 15.4. The van der Waals surface area contributed by atoms with E-state index in [-0.39, 0.29) is 22.8 Å². The highest BCUT2D eigenvalue weighted by Gasteiger charge is 2.27. The van der Waals surface area contributed by atoms with Crippen molar-refractivity contribution in [1.82, 2.24) is 0 Å². The van der Waals surface area contributed by atoms with Crippen LogP contribution in [0.25, 0.3) is 22.3 Å². The molecule has 1 fully saturated rings. The van der Waals surface area contributed by atoms with Crippen molar-refractivity contribution < 1.29 is 23.4 Å². The Morgan fingerprint density at radius 3 is 2.44 bits per heavy atom. The lowest BCUT2D eigenvalue weighted by Crippen LogP contribution is -2.25. The first kappa shape index (κ1) is 22.2. The van der Waals surface area contributed by atoms with Crippen LogP contribution in [-0.4, -0.2) is 20.2 Å². The molecule has 0 radical (unpaired) electrons. The van der Waals surface area contributed by atoms with Crippen LogP contribution < -0.4 is 19.6 Å². The van der Waals surface area contributed by atoms with E-state index in [4.69, 9.17) is 30.2 Å². The molecule has 0 saturated heterocycles. The number of carbonyl (C=O) groups excluding carboxylic acids is 1. The molecular weight excluding hydrogens is 432 g/mol. The van der Waals surface area contributed by atoms with Crippen LogP contribution in [0.2, 0.25) is 5.02 Å². The first-order valence-corrected chi connectivity index (χ1v) is 11.0. The zero-order valence-electron chi connectivity index (χ0n) is 18.3. The van der Waals surface area contributed by atoms with Gasteiger partial charge in [-0.2, -0.15) is 0 Å². The minimum atomic E-state index is -0.443. The van der Waals surface area contributed by atoms with Crippen LogP contribution in [0.4, 0.5) is 0 Å². The standard InChI is InChI=1S/C25H25ClO6/c1-14-11-20-17(13-18(14)26)22(27)24(32-25(28)15-7-5-4-6-8-15)23(31-20)16-9-10-19(29-2)21(12-16)30-3/h9-13,15H,4-8H2,1-3H3. The van der Waals surface area contributed by atoms with Crippen molar-refractivity contribution in [3.05, 3.63) is 51.1 Å². The van der Waals surface area contributed by atoms with E-state index in [1.54, 1.807) is 30.3 Å². The van der Waals surface area contributed by atoms with Crippen LogP contribution in [-0.2, 0) is 4.79 Å². The van der Waals surface area contributed by atoms with E-state index >= 15 is 0 Å². The topological polar surface area (TPSA) is 75.0 Å². The van der Waals surface area contributed by atoms with E-state index < -0.39 is 11.4 Å². The number of benzene rings is 2. The Morgan fingerprint density at radius 1 is 1.03 bits per heavy atom. The largest absolute Gasteiger partial charge is 0.493 e. The van der Waals surface area contributed by atoms with Crippen molar-refractivity contribution in [1.29, 1.82) is 0 Å². The fourth-order valence-electron chi connectivity index (χ4n) is 4.08. The summed E-state index contributed by atoms with van der Waals surface area (Å²) in [5, 5.41) is 0.699. The molecule has 1 saturated carbocycles. The third-order valence-electron chi connectivity index (χ3n) is 5.92. The van der Waals surface area contributed by atoms with Crippen LogP contribution in [0.5, 0.6) is 17.2 Å². The van der Waals surface area contributed by atoms with E-state index in [1.165, 1.54) is 14.2 Å². The number of fused-ring (bicyclic) bond motifs is 1. The van der Waals surface area contributed by atoms with Gasteiger partial charge in [0.25, 0.3) is 0 Å². The number of hydrogen-bond donors (Lipinski definition) is 0. The zero-order chi connectivity index (χ0) is 22.8. The molecule has 4 rings (SSSR count). The van der Waals surface area contributed by atoms with E-state index in [0.29, 0.717) is 27.7 Å². The van der Waals surface area contributed by atoms with Gasteiger partial charge in [0.15, 0.2) is 17.3 Å². The highest BCUT2D eigenvalue weighted by molar-refractivity contribution is 6.32. The molecule has 1 aliphatic carbocycles. The summed E-state index contributed by atoms with van der Waals surface area (Å²) in [7, 11) is 3.06. The van der Waals surface area contributed by atoms with Crippen molar-refractivity contribution in [2.75, 3.05) is 14.2 Å². The highest BCUT2D eigenvalue weighted by atomic mass is 35.5. The fourth-order valence-corrected chi connectivity index (χ4v) is 4.24. The van der Waals surface area contributed by atoms with Gasteiger partial charge >= 0.3 is 5.97 Å². The average Bonchev–Trinajstić information content (AvgIpc) is 2.82. The van der Waals surface area contributed by atoms with E-state index in [2.05, 4.69) is 0 Å². The van der Waals surface area contributed by atoms with Crippen LogP contribution in [0.15, 0.2) is 39.5 Å². The molecule has 1 aliphatic rings. The maximum Gasteiger partial charge on any atom is 0.314 e. The third kappa shape index (κ3) is 4.19. The second kappa shape index (κ2) is 9.25. The average molecular weight is 457 g/mol. The van der Waals surface area contributed by atoms with Crippen LogP contribution in [0, 0.1) is 12.8 Å². The predicted molar refractivity (Wildman–Crippen MR) is 123 cm³/mol. The molecule has 0 amide bonds. The minimum absolute atomic E-state index is 0.139. The lowest BCUT2D eigenvalue weighted by molar-refractivity contribution is -0.140. The summed E-state index contributed by atoms with van der Waals surface area (Å²) in [4.78, 5) is 26.3. The van der Waals surface area contributed by atoms with Crippen molar-refractivity contribution in [2.45, 2.75) is 39.0 Å². The molecule has 1 heterocycles. The Kier molecular flexibility index (Phi) is 6.42. The molecule has 168 valence electrons. The SMILES string of the molecule is COc1ccc(-c2oc3cc(C)c(Cl)cc3c(=O)c2OC(=O)C2CCCCC2)cc1OC. The number of rotatable bonds is 5. The van der Waals surface area contributed by atoms with Gasteiger partial charge in [-0.25, -0.2) is 0 Å². The quantitative estimate of drug-likeness (QED) is 0.443. The summed E-state index contributed by atoms with van der Waals surface area (Å²) >= 11 is 6.25. The highest BCUT2D eigenvalue weighted by Crippen LogP contribution is 2.38. The molecule has 3 aromatic rings. The van der Waals surface area contributed by atoms with E-state index in [9.17, 15) is 9.59 Å². The number of aryl methyl sites for hydroxylation is 1. The number of esters is 1. The lowest BCUT2D eigenvalue weighted by atomic mass is 9.89. The van der Waals surface area contributed by atoms with Crippen molar-refractivity contribution in [3.8, 4) is 28.6 Å². The zero-order valence-corrected chi connectivity index (χ0v) is 19.1. The Labute approximate surface area is 191 Å². The van der Waals surface area contributed by atoms with Gasteiger partial charge in [-0.15, -0.1) is 0 Å². The van der Waals surface area contributed by atoms with Gasteiger partial charge in [-0.1, -0.05) is 30.9 Å². The second-order valence-corrected chi connectivity index (χ2v) is 8.42. The molecule has 0 spiro atoms. The molecule has 1 aromatic heterocycles. The Bertz CT molecular complexity index is 1220. The third-order valence-corrected chi connectivity index (χ3v) is 6.32. The molecule has 0 atom stereocenters. The van der Waals surface area contributed by atoms with Gasteiger partial charge in [-0.3, -0.25) is 9.59 Å². The maximum atomic E-state index is 13.4. The number of ether oxygens (including phenoxy) is 3. The summed E-state index contributed by atoms with van der Waals surface area (Å²) in [5.41, 5.74) is 1.22. The van der Waals surface area contributed by atoms with Crippen molar-refractivity contribution >= 4 is 28.5 Å². The Balaban J connectivity index is 1.89. The summed E-state index contributed by atoms with van der Waals surface area (Å²) in [6, 6.07) is 8.37. The van der Waals surface area contributed by atoms with Gasteiger partial charge in [-0.05, 0) is 55.7 Å². The summed E-state index contributed by atoms with van der Waals surface area (Å²) in [6.07, 6.45) is 4.58. The number of methoxy groups -OCH3 is 2. The van der Waals surface area contributed by atoms with Gasteiger partial charge in [0.1, 0.15) is 5.58 Å². The summed E-state index contributed by atoms with van der Waals surface area (Å²) in [5.74, 6) is 0.386. The second-order valence-electron chi connectivity index (χ2n) is 8.01. The molecule has 32 heavy (non-hydrogen) atoms. The first-order valence-electron chi connectivity index (χ1n) is 10.6. The molecule has 0 N–H and O–H groups in total.